The monoisotopic (exact) mass is 240 g/mol. The van der Waals surface area contributed by atoms with E-state index < -0.39 is 9.84 Å². The van der Waals surface area contributed by atoms with Crippen LogP contribution in [0, 0.1) is 0 Å². The molecule has 0 spiro atoms. The SMILES string of the molecule is CCn1cccc1CNC1C=CS(=O)(=O)C1. The normalized spacial score (nSPS) is 22.7. The Morgan fingerprint density at radius 3 is 3.00 bits per heavy atom. The zero-order valence-electron chi connectivity index (χ0n) is 9.26. The molecule has 1 aliphatic heterocycles. The molecule has 4 nitrogen and oxygen atoms in total. The molecule has 16 heavy (non-hydrogen) atoms. The topological polar surface area (TPSA) is 51.1 Å². The molecule has 0 aromatic carbocycles. The Morgan fingerprint density at radius 2 is 2.38 bits per heavy atom. The number of sulfone groups is 1. The minimum Gasteiger partial charge on any atom is -0.351 e. The number of aryl methyl sites for hydroxylation is 1. The van der Waals surface area contributed by atoms with Crippen LogP contribution in [0.4, 0.5) is 0 Å². The van der Waals surface area contributed by atoms with Crippen LogP contribution >= 0.6 is 0 Å². The van der Waals surface area contributed by atoms with Gasteiger partial charge in [0, 0.05) is 36.4 Å². The Hall–Kier alpha value is -1.07. The van der Waals surface area contributed by atoms with E-state index in [0.717, 1.165) is 6.54 Å². The van der Waals surface area contributed by atoms with Gasteiger partial charge in [0.05, 0.1) is 5.75 Å². The van der Waals surface area contributed by atoms with Crippen molar-refractivity contribution in [1.82, 2.24) is 9.88 Å². The van der Waals surface area contributed by atoms with Gasteiger partial charge in [0.25, 0.3) is 0 Å². The van der Waals surface area contributed by atoms with Crippen LogP contribution in [0.2, 0.25) is 0 Å². The quantitative estimate of drug-likeness (QED) is 0.851. The summed E-state index contributed by atoms with van der Waals surface area (Å²) in [5, 5.41) is 4.52. The Balaban J connectivity index is 1.92. The Morgan fingerprint density at radius 1 is 1.56 bits per heavy atom. The highest BCUT2D eigenvalue weighted by atomic mass is 32.2. The lowest BCUT2D eigenvalue weighted by molar-refractivity contribution is 0.578. The smallest absolute Gasteiger partial charge is 0.173 e. The third-order valence-electron chi connectivity index (χ3n) is 2.74. The summed E-state index contributed by atoms with van der Waals surface area (Å²) in [5.74, 6) is 0.180. The summed E-state index contributed by atoms with van der Waals surface area (Å²) >= 11 is 0. The van der Waals surface area contributed by atoms with Crippen molar-refractivity contribution in [3.8, 4) is 0 Å². The zero-order valence-corrected chi connectivity index (χ0v) is 10.1. The van der Waals surface area contributed by atoms with Gasteiger partial charge in [0.15, 0.2) is 9.84 Å². The molecule has 0 radical (unpaired) electrons. The van der Waals surface area contributed by atoms with Crippen molar-refractivity contribution in [1.29, 1.82) is 0 Å². The highest BCUT2D eigenvalue weighted by Crippen LogP contribution is 2.09. The second kappa shape index (κ2) is 4.43. The molecule has 1 N–H and O–H groups in total. The summed E-state index contributed by atoms with van der Waals surface area (Å²) < 4.78 is 24.5. The first kappa shape index (κ1) is 11.4. The fourth-order valence-corrected chi connectivity index (χ4v) is 3.13. The van der Waals surface area contributed by atoms with Gasteiger partial charge in [-0.1, -0.05) is 6.08 Å². The first-order valence-electron chi connectivity index (χ1n) is 5.39. The Labute approximate surface area is 95.9 Å². The van der Waals surface area contributed by atoms with Crippen LogP contribution in [0.25, 0.3) is 0 Å². The third-order valence-corrected chi connectivity index (χ3v) is 4.14. The summed E-state index contributed by atoms with van der Waals surface area (Å²) in [6.45, 7) is 3.72. The van der Waals surface area contributed by atoms with Crippen LogP contribution in [0.5, 0.6) is 0 Å². The lowest BCUT2D eigenvalue weighted by atomic mass is 10.3. The van der Waals surface area contributed by atoms with Gasteiger partial charge in [0.2, 0.25) is 0 Å². The molecule has 1 atom stereocenters. The zero-order chi connectivity index (χ0) is 11.6. The lowest BCUT2D eigenvalue weighted by Crippen LogP contribution is -2.30. The predicted molar refractivity (Wildman–Crippen MR) is 63.7 cm³/mol. The molecule has 0 saturated carbocycles. The first-order chi connectivity index (χ1) is 7.61. The van der Waals surface area contributed by atoms with Crippen molar-refractivity contribution in [2.45, 2.75) is 26.1 Å². The molecule has 1 aliphatic rings. The van der Waals surface area contributed by atoms with Crippen LogP contribution < -0.4 is 5.32 Å². The molecule has 0 amide bonds. The number of aromatic nitrogens is 1. The van der Waals surface area contributed by atoms with Crippen molar-refractivity contribution in [2.24, 2.45) is 0 Å². The second-order valence-electron chi connectivity index (χ2n) is 3.93. The standard InChI is InChI=1S/C11H16N2O2S/c1-2-13-6-3-4-11(13)8-12-10-5-7-16(14,15)9-10/h3-7,10,12H,2,8-9H2,1H3. The lowest BCUT2D eigenvalue weighted by Gasteiger charge is -2.11. The summed E-state index contributed by atoms with van der Waals surface area (Å²) in [4.78, 5) is 0. The van der Waals surface area contributed by atoms with E-state index in [9.17, 15) is 8.42 Å². The second-order valence-corrected chi connectivity index (χ2v) is 5.86. The number of hydrogen-bond acceptors (Lipinski definition) is 3. The molecular formula is C11H16N2O2S. The van der Waals surface area contributed by atoms with Gasteiger partial charge in [-0.3, -0.25) is 0 Å². The van der Waals surface area contributed by atoms with Crippen LogP contribution in [0.1, 0.15) is 12.6 Å². The minimum absolute atomic E-state index is 0.0507. The van der Waals surface area contributed by atoms with Gasteiger partial charge in [0.1, 0.15) is 0 Å². The maximum absolute atomic E-state index is 11.2. The Kier molecular flexibility index (Phi) is 3.16. The van der Waals surface area contributed by atoms with E-state index in [1.807, 2.05) is 18.3 Å². The average Bonchev–Trinajstić information content (AvgIpc) is 2.81. The summed E-state index contributed by atoms with van der Waals surface area (Å²) in [6.07, 6.45) is 3.74. The van der Waals surface area contributed by atoms with Crippen LogP contribution in [0.15, 0.2) is 29.8 Å². The van der Waals surface area contributed by atoms with E-state index in [4.69, 9.17) is 0 Å². The molecule has 1 aromatic rings. The fourth-order valence-electron chi connectivity index (χ4n) is 1.86. The van der Waals surface area contributed by atoms with E-state index in [1.54, 1.807) is 6.08 Å². The number of rotatable bonds is 4. The number of nitrogens with one attached hydrogen (secondary N) is 1. The van der Waals surface area contributed by atoms with E-state index in [2.05, 4.69) is 16.8 Å². The van der Waals surface area contributed by atoms with Gasteiger partial charge in [-0.2, -0.15) is 0 Å². The van der Waals surface area contributed by atoms with Crippen LogP contribution in [0.3, 0.4) is 0 Å². The van der Waals surface area contributed by atoms with Gasteiger partial charge < -0.3 is 9.88 Å². The molecule has 0 aliphatic carbocycles. The summed E-state index contributed by atoms with van der Waals surface area (Å²) in [5.41, 5.74) is 1.18. The van der Waals surface area contributed by atoms with E-state index in [0.29, 0.717) is 6.54 Å². The molecule has 0 bridgehead atoms. The third kappa shape index (κ3) is 2.54. The highest BCUT2D eigenvalue weighted by Gasteiger charge is 2.20. The summed E-state index contributed by atoms with van der Waals surface area (Å²) in [7, 11) is -2.95. The average molecular weight is 240 g/mol. The maximum atomic E-state index is 11.2. The van der Waals surface area contributed by atoms with Crippen LogP contribution in [-0.2, 0) is 22.9 Å². The van der Waals surface area contributed by atoms with E-state index >= 15 is 0 Å². The predicted octanol–water partition coefficient (Wildman–Crippen LogP) is 0.908. The molecule has 0 fully saturated rings. The summed E-state index contributed by atoms with van der Waals surface area (Å²) in [6, 6.07) is 4.00. The molecule has 88 valence electrons. The molecule has 0 saturated heterocycles. The van der Waals surface area contributed by atoms with E-state index in [-0.39, 0.29) is 11.8 Å². The van der Waals surface area contributed by atoms with Gasteiger partial charge in [-0.25, -0.2) is 8.42 Å². The molecule has 2 rings (SSSR count). The van der Waals surface area contributed by atoms with Gasteiger partial charge in [-0.05, 0) is 19.1 Å². The molecule has 5 heteroatoms. The molecule has 1 aromatic heterocycles. The molecule has 2 heterocycles. The van der Waals surface area contributed by atoms with Crippen molar-refractivity contribution in [3.63, 3.8) is 0 Å². The Bertz CT molecular complexity index is 488. The van der Waals surface area contributed by atoms with Crippen molar-refractivity contribution in [2.75, 3.05) is 5.75 Å². The molecular weight excluding hydrogens is 224 g/mol. The first-order valence-corrected chi connectivity index (χ1v) is 7.10. The minimum atomic E-state index is -2.95. The highest BCUT2D eigenvalue weighted by molar-refractivity contribution is 7.94. The maximum Gasteiger partial charge on any atom is 0.173 e. The van der Waals surface area contributed by atoms with Crippen molar-refractivity contribution in [3.05, 3.63) is 35.5 Å². The van der Waals surface area contributed by atoms with Gasteiger partial charge in [-0.15, -0.1) is 0 Å². The van der Waals surface area contributed by atoms with Crippen LogP contribution in [-0.4, -0.2) is 24.8 Å². The van der Waals surface area contributed by atoms with Crippen molar-refractivity contribution < 1.29 is 8.42 Å². The largest absolute Gasteiger partial charge is 0.351 e. The fraction of sp³-hybridized carbons (Fsp3) is 0.455. The van der Waals surface area contributed by atoms with Crippen molar-refractivity contribution >= 4 is 9.84 Å². The number of hydrogen-bond donors (Lipinski definition) is 1. The van der Waals surface area contributed by atoms with Gasteiger partial charge >= 0.3 is 0 Å². The molecule has 1 unspecified atom stereocenters. The number of nitrogens with zero attached hydrogens (tertiary/aromatic N) is 1. The van der Waals surface area contributed by atoms with E-state index in [1.165, 1.54) is 11.1 Å².